The van der Waals surface area contributed by atoms with Gasteiger partial charge in [-0.3, -0.25) is 19.2 Å². The number of thioether (sulfide) groups is 1. The minimum atomic E-state index is -4.71. The number of aromatic nitrogens is 2. The lowest BCUT2D eigenvalue weighted by Crippen LogP contribution is -2.54. The van der Waals surface area contributed by atoms with E-state index in [1.165, 1.54) is 10.9 Å². The zero-order valence-electron chi connectivity index (χ0n) is 18.6. The Bertz CT molecular complexity index is 1390. The quantitative estimate of drug-likeness (QED) is 0.400. The molecular weight excluding hydrogens is 500 g/mol. The van der Waals surface area contributed by atoms with Crippen LogP contribution in [-0.2, 0) is 17.5 Å². The molecule has 2 aliphatic rings. The normalized spacial score (nSPS) is 22.2. The Kier molecular flexibility index (Phi) is 6.35. The van der Waals surface area contributed by atoms with Crippen molar-refractivity contribution in [1.29, 1.82) is 0 Å². The minimum Gasteiger partial charge on any atom is -0.390 e. The van der Waals surface area contributed by atoms with Crippen LogP contribution in [0.15, 0.2) is 47.5 Å². The summed E-state index contributed by atoms with van der Waals surface area (Å²) in [6.07, 6.45) is -2.03. The fourth-order valence-corrected chi connectivity index (χ4v) is 5.37. The van der Waals surface area contributed by atoms with E-state index in [0.717, 1.165) is 28.8 Å². The van der Waals surface area contributed by atoms with Crippen molar-refractivity contribution in [2.24, 2.45) is 0 Å². The molecule has 5 rings (SSSR count). The van der Waals surface area contributed by atoms with Crippen molar-refractivity contribution in [3.05, 3.63) is 70.0 Å². The predicted molar refractivity (Wildman–Crippen MR) is 125 cm³/mol. The first-order valence-corrected chi connectivity index (χ1v) is 11.9. The molecule has 1 unspecified atom stereocenters. The Labute approximate surface area is 206 Å². The molecule has 36 heavy (non-hydrogen) atoms. The second-order valence-electron chi connectivity index (χ2n) is 8.60. The van der Waals surface area contributed by atoms with Crippen molar-refractivity contribution >= 4 is 39.9 Å². The summed E-state index contributed by atoms with van der Waals surface area (Å²) in [5.74, 6) is -1.44. The van der Waals surface area contributed by atoms with Crippen LogP contribution in [0.3, 0.4) is 0 Å². The molecule has 188 valence electrons. The van der Waals surface area contributed by atoms with E-state index in [0.29, 0.717) is 42.0 Å². The first kappa shape index (κ1) is 24.5. The topological polar surface area (TPSA) is 87.5 Å². The molecule has 2 fully saturated rings. The van der Waals surface area contributed by atoms with Crippen LogP contribution in [0.25, 0.3) is 17.0 Å². The number of amides is 2. The number of piperidine rings is 1. The SMILES string of the molecule is O=C1SC(=Cc2ccc3c(cnn3Cc3ccc(F)cc3C(F)(F)F)c2)C(=O)N1C1CCNC[C@@H]1O. The third kappa shape index (κ3) is 4.63. The number of nitrogens with one attached hydrogen (secondary N) is 1. The number of carbonyl (C=O) groups is 2. The highest BCUT2D eigenvalue weighted by Gasteiger charge is 2.43. The summed E-state index contributed by atoms with van der Waals surface area (Å²) < 4.78 is 54.9. The lowest BCUT2D eigenvalue weighted by atomic mass is 10.0. The van der Waals surface area contributed by atoms with Gasteiger partial charge in [0.1, 0.15) is 5.82 Å². The van der Waals surface area contributed by atoms with Crippen LogP contribution in [0.4, 0.5) is 22.4 Å². The van der Waals surface area contributed by atoms with Gasteiger partial charge in [-0.05, 0) is 66.2 Å². The lowest BCUT2D eigenvalue weighted by molar-refractivity contribution is -0.138. The van der Waals surface area contributed by atoms with Crippen LogP contribution in [0.1, 0.15) is 23.1 Å². The molecule has 12 heteroatoms. The van der Waals surface area contributed by atoms with Gasteiger partial charge in [-0.2, -0.15) is 18.3 Å². The number of aliphatic hydroxyl groups is 1. The smallest absolute Gasteiger partial charge is 0.390 e. The Balaban J connectivity index is 1.40. The van der Waals surface area contributed by atoms with Crippen molar-refractivity contribution < 1.29 is 32.3 Å². The second-order valence-corrected chi connectivity index (χ2v) is 9.59. The van der Waals surface area contributed by atoms with E-state index in [9.17, 15) is 32.3 Å². The highest BCUT2D eigenvalue weighted by atomic mass is 32.2. The van der Waals surface area contributed by atoms with E-state index in [1.807, 2.05) is 0 Å². The Hall–Kier alpha value is -3.22. The van der Waals surface area contributed by atoms with Gasteiger partial charge in [0.15, 0.2) is 0 Å². The molecule has 0 radical (unpaired) electrons. The maximum atomic E-state index is 13.4. The number of imide groups is 1. The van der Waals surface area contributed by atoms with Crippen molar-refractivity contribution in [3.63, 3.8) is 0 Å². The molecule has 2 amide bonds. The van der Waals surface area contributed by atoms with Gasteiger partial charge in [0, 0.05) is 11.9 Å². The molecular formula is C24H20F4N4O3S. The largest absolute Gasteiger partial charge is 0.416 e. The highest BCUT2D eigenvalue weighted by Crippen LogP contribution is 2.36. The summed E-state index contributed by atoms with van der Waals surface area (Å²) in [7, 11) is 0. The van der Waals surface area contributed by atoms with Gasteiger partial charge in [0.2, 0.25) is 0 Å². The fraction of sp³-hybridized carbons (Fsp3) is 0.292. The predicted octanol–water partition coefficient (Wildman–Crippen LogP) is 4.00. The van der Waals surface area contributed by atoms with Gasteiger partial charge < -0.3 is 10.4 Å². The molecule has 0 bridgehead atoms. The number of fused-ring (bicyclic) bond motifs is 1. The first-order chi connectivity index (χ1) is 17.1. The number of benzene rings is 2. The molecule has 0 aliphatic carbocycles. The number of nitrogens with zero attached hydrogens (tertiary/aromatic N) is 3. The van der Waals surface area contributed by atoms with Crippen molar-refractivity contribution in [2.75, 3.05) is 13.1 Å². The van der Waals surface area contributed by atoms with E-state index in [-0.39, 0.29) is 17.0 Å². The van der Waals surface area contributed by atoms with Crippen molar-refractivity contribution in [3.8, 4) is 0 Å². The lowest BCUT2D eigenvalue weighted by Gasteiger charge is -2.33. The third-order valence-corrected chi connectivity index (χ3v) is 7.11. The Morgan fingerprint density at radius 3 is 2.75 bits per heavy atom. The van der Waals surface area contributed by atoms with Gasteiger partial charge in [-0.15, -0.1) is 0 Å². The van der Waals surface area contributed by atoms with Crippen LogP contribution >= 0.6 is 11.8 Å². The number of rotatable bonds is 4. The molecule has 2 saturated heterocycles. The molecule has 3 heterocycles. The van der Waals surface area contributed by atoms with E-state index < -0.39 is 40.8 Å². The zero-order chi connectivity index (χ0) is 25.6. The standard InChI is InChI=1S/C24H20F4N4O3S/c25-16-3-2-14(17(9-16)24(26,27)28)12-31-18-4-1-13(7-15(18)10-30-31)8-21-22(34)32(23(35)36-21)19-5-6-29-11-20(19)33/h1-4,7-10,19-20,29,33H,5-6,11-12H2/t19?,20-/m0/s1. The first-order valence-electron chi connectivity index (χ1n) is 11.1. The number of halogens is 4. The Morgan fingerprint density at radius 1 is 1.19 bits per heavy atom. The van der Waals surface area contributed by atoms with Gasteiger partial charge in [-0.25, -0.2) is 4.39 Å². The molecule has 2 atom stereocenters. The van der Waals surface area contributed by atoms with Crippen molar-refractivity contribution in [2.45, 2.75) is 31.3 Å². The maximum Gasteiger partial charge on any atom is 0.416 e. The second kappa shape index (κ2) is 9.34. The number of hydrogen-bond donors (Lipinski definition) is 2. The van der Waals surface area contributed by atoms with E-state index >= 15 is 0 Å². The highest BCUT2D eigenvalue weighted by molar-refractivity contribution is 8.18. The third-order valence-electron chi connectivity index (χ3n) is 6.23. The minimum absolute atomic E-state index is 0.119. The Morgan fingerprint density at radius 2 is 2.00 bits per heavy atom. The van der Waals surface area contributed by atoms with Crippen LogP contribution in [-0.4, -0.2) is 56.2 Å². The number of hydrogen-bond acceptors (Lipinski definition) is 6. The van der Waals surface area contributed by atoms with Crippen LogP contribution in [0.2, 0.25) is 0 Å². The average molecular weight is 521 g/mol. The molecule has 3 aromatic rings. The summed E-state index contributed by atoms with van der Waals surface area (Å²) in [6, 6.07) is 6.99. The molecule has 7 nitrogen and oxygen atoms in total. The van der Waals surface area contributed by atoms with E-state index in [1.54, 1.807) is 24.3 Å². The molecule has 2 aliphatic heterocycles. The van der Waals surface area contributed by atoms with Gasteiger partial charge >= 0.3 is 6.18 Å². The summed E-state index contributed by atoms with van der Waals surface area (Å²) >= 11 is 0.799. The molecule has 2 aromatic carbocycles. The molecule has 1 aromatic heterocycles. The molecule has 2 N–H and O–H groups in total. The zero-order valence-corrected chi connectivity index (χ0v) is 19.4. The maximum absolute atomic E-state index is 13.4. The summed E-state index contributed by atoms with van der Waals surface area (Å²) in [5, 5.41) is 17.6. The number of carbonyl (C=O) groups excluding carboxylic acids is 2. The summed E-state index contributed by atoms with van der Waals surface area (Å²) in [5.41, 5.74) is -0.0178. The van der Waals surface area contributed by atoms with Crippen molar-refractivity contribution in [1.82, 2.24) is 20.0 Å². The van der Waals surface area contributed by atoms with Gasteiger partial charge in [0.05, 0.1) is 40.9 Å². The number of aliphatic hydroxyl groups excluding tert-OH is 1. The monoisotopic (exact) mass is 520 g/mol. The summed E-state index contributed by atoms with van der Waals surface area (Å²) in [6.45, 7) is 0.676. The van der Waals surface area contributed by atoms with Gasteiger partial charge in [-0.1, -0.05) is 12.1 Å². The van der Waals surface area contributed by atoms with Crippen LogP contribution in [0, 0.1) is 5.82 Å². The van der Waals surface area contributed by atoms with Crippen LogP contribution in [0.5, 0.6) is 0 Å². The number of alkyl halides is 3. The average Bonchev–Trinajstić information content (AvgIpc) is 3.34. The van der Waals surface area contributed by atoms with Gasteiger partial charge in [0.25, 0.3) is 11.1 Å². The van der Waals surface area contributed by atoms with E-state index in [4.69, 9.17) is 0 Å². The molecule has 0 spiro atoms. The molecule has 0 saturated carbocycles. The van der Waals surface area contributed by atoms with Crippen LogP contribution < -0.4 is 5.32 Å². The summed E-state index contributed by atoms with van der Waals surface area (Å²) in [4.78, 5) is 26.8. The van der Waals surface area contributed by atoms with E-state index in [2.05, 4.69) is 10.4 Å². The number of β-amino-alcohol motifs (C(OH)–C–C–N with tert-alkyl or cyclic N) is 1. The fourth-order valence-electron chi connectivity index (χ4n) is 4.48.